The molecule has 7 heteroatoms. The third-order valence-corrected chi connectivity index (χ3v) is 6.21. The monoisotopic (exact) mass is 420 g/mol. The lowest BCUT2D eigenvalue weighted by atomic mass is 9.78. The molecule has 160 valence electrons. The molecule has 2 atom stereocenters. The van der Waals surface area contributed by atoms with Gasteiger partial charge in [0.05, 0.1) is 16.7 Å². The molecule has 1 heterocycles. The molecule has 31 heavy (non-hydrogen) atoms. The molecule has 0 spiro atoms. The van der Waals surface area contributed by atoms with E-state index in [0.717, 1.165) is 31.2 Å². The predicted molar refractivity (Wildman–Crippen MR) is 113 cm³/mol. The Kier molecular flexibility index (Phi) is 5.84. The summed E-state index contributed by atoms with van der Waals surface area (Å²) in [5.41, 5.74) is 1.86. The fraction of sp³-hybridized carbons (Fsp3) is 0.333. The smallest absolute Gasteiger partial charge is 0.335 e. The molecule has 2 aliphatic rings. The minimum absolute atomic E-state index is 0.0784. The number of aromatic carboxylic acids is 1. The molecule has 1 saturated carbocycles. The maximum absolute atomic E-state index is 12.9. The number of nitrogens with zero attached hydrogens (tertiary/aromatic N) is 1. The number of hydrogen-bond donors (Lipinski definition) is 2. The summed E-state index contributed by atoms with van der Waals surface area (Å²) in [5, 5.41) is 11.9. The number of nitrogens with one attached hydrogen (secondary N) is 1. The van der Waals surface area contributed by atoms with E-state index in [1.807, 2.05) is 0 Å². The minimum Gasteiger partial charge on any atom is -0.478 e. The maximum Gasteiger partial charge on any atom is 0.335 e. The van der Waals surface area contributed by atoms with Crippen LogP contribution in [0, 0.1) is 11.8 Å². The van der Waals surface area contributed by atoms with Crippen molar-refractivity contribution in [3.05, 3.63) is 70.8 Å². The number of carboxylic acid groups (broad SMARTS) is 1. The van der Waals surface area contributed by atoms with E-state index in [9.17, 15) is 19.2 Å². The van der Waals surface area contributed by atoms with Crippen LogP contribution in [0.3, 0.4) is 0 Å². The minimum atomic E-state index is -0.992. The van der Waals surface area contributed by atoms with Crippen molar-refractivity contribution in [1.29, 1.82) is 0 Å². The molecule has 4 rings (SSSR count). The van der Waals surface area contributed by atoms with Gasteiger partial charge < -0.3 is 10.4 Å². The first-order valence-electron chi connectivity index (χ1n) is 10.5. The van der Waals surface area contributed by atoms with Crippen LogP contribution in [0.15, 0.2) is 48.5 Å². The molecule has 0 saturated heterocycles. The fourth-order valence-corrected chi connectivity index (χ4v) is 4.50. The summed E-state index contributed by atoms with van der Waals surface area (Å²) >= 11 is 0. The van der Waals surface area contributed by atoms with Crippen LogP contribution < -0.4 is 5.32 Å². The molecule has 2 aromatic rings. The molecule has 1 fully saturated rings. The van der Waals surface area contributed by atoms with Crippen molar-refractivity contribution in [3.63, 3.8) is 0 Å². The Bertz CT molecular complexity index is 996. The van der Waals surface area contributed by atoms with Gasteiger partial charge >= 0.3 is 5.97 Å². The molecule has 0 radical (unpaired) electrons. The van der Waals surface area contributed by atoms with Crippen LogP contribution in [0.5, 0.6) is 0 Å². The van der Waals surface area contributed by atoms with E-state index in [0.29, 0.717) is 17.7 Å². The quantitative estimate of drug-likeness (QED) is 0.699. The third-order valence-electron chi connectivity index (χ3n) is 6.21. The van der Waals surface area contributed by atoms with Crippen molar-refractivity contribution < 1.29 is 24.3 Å². The highest BCUT2D eigenvalue weighted by molar-refractivity contribution is 6.21. The van der Waals surface area contributed by atoms with Gasteiger partial charge in [-0.1, -0.05) is 37.1 Å². The summed E-state index contributed by atoms with van der Waals surface area (Å²) in [6.07, 6.45) is 3.41. The van der Waals surface area contributed by atoms with Crippen LogP contribution in [0.2, 0.25) is 0 Å². The molecular formula is C24H24N2O5. The third kappa shape index (κ3) is 4.21. The number of amides is 3. The molecule has 2 unspecified atom stereocenters. The van der Waals surface area contributed by atoms with Gasteiger partial charge in [-0.2, -0.15) is 0 Å². The zero-order valence-corrected chi connectivity index (χ0v) is 17.0. The Balaban J connectivity index is 1.40. The van der Waals surface area contributed by atoms with Gasteiger partial charge in [-0.15, -0.1) is 0 Å². The summed E-state index contributed by atoms with van der Waals surface area (Å²) in [5.74, 6) is -2.01. The van der Waals surface area contributed by atoms with Gasteiger partial charge in [-0.25, -0.2) is 4.79 Å². The first kappa shape index (κ1) is 20.8. The lowest BCUT2D eigenvalue weighted by Crippen LogP contribution is -2.43. The number of carbonyl (C=O) groups is 4. The van der Waals surface area contributed by atoms with Crippen molar-refractivity contribution >= 4 is 23.7 Å². The molecule has 1 aliphatic carbocycles. The summed E-state index contributed by atoms with van der Waals surface area (Å²) < 4.78 is 0. The normalized spacial score (nSPS) is 20.5. The lowest BCUT2D eigenvalue weighted by Gasteiger charge is -2.32. The van der Waals surface area contributed by atoms with Gasteiger partial charge in [0.15, 0.2) is 0 Å². The Hall–Kier alpha value is -3.48. The highest BCUT2D eigenvalue weighted by Crippen LogP contribution is 2.33. The van der Waals surface area contributed by atoms with Crippen LogP contribution in [0.1, 0.15) is 62.3 Å². The van der Waals surface area contributed by atoms with Gasteiger partial charge in [0.1, 0.15) is 0 Å². The van der Waals surface area contributed by atoms with Crippen LogP contribution in [-0.4, -0.2) is 40.2 Å². The van der Waals surface area contributed by atoms with E-state index in [1.165, 1.54) is 17.0 Å². The van der Waals surface area contributed by atoms with E-state index in [-0.39, 0.29) is 41.7 Å². The molecule has 3 amide bonds. The zero-order chi connectivity index (χ0) is 22.0. The number of benzene rings is 2. The Labute approximate surface area is 180 Å². The van der Waals surface area contributed by atoms with E-state index >= 15 is 0 Å². The summed E-state index contributed by atoms with van der Waals surface area (Å²) in [7, 11) is 0. The number of fused-ring (bicyclic) bond motifs is 1. The van der Waals surface area contributed by atoms with Gasteiger partial charge in [0.25, 0.3) is 11.8 Å². The Morgan fingerprint density at radius 3 is 2.16 bits per heavy atom. The molecule has 2 N–H and O–H groups in total. The second-order valence-electron chi connectivity index (χ2n) is 8.14. The van der Waals surface area contributed by atoms with Gasteiger partial charge in [-0.05, 0) is 48.6 Å². The number of imide groups is 1. The molecule has 7 nitrogen and oxygen atoms in total. The number of hydrogen-bond acceptors (Lipinski definition) is 4. The Morgan fingerprint density at radius 1 is 0.935 bits per heavy atom. The van der Waals surface area contributed by atoms with Crippen LogP contribution in [0.4, 0.5) is 0 Å². The van der Waals surface area contributed by atoms with Crippen LogP contribution >= 0.6 is 0 Å². The second kappa shape index (κ2) is 8.71. The largest absolute Gasteiger partial charge is 0.478 e. The van der Waals surface area contributed by atoms with Gasteiger partial charge in [-0.3, -0.25) is 19.3 Å². The summed E-state index contributed by atoms with van der Waals surface area (Å²) in [6.45, 7) is 0.548. The number of carboxylic acids is 1. The first-order valence-corrected chi connectivity index (χ1v) is 10.5. The molecule has 0 aromatic heterocycles. The topological polar surface area (TPSA) is 104 Å². The van der Waals surface area contributed by atoms with Crippen molar-refractivity contribution in [2.45, 2.75) is 32.2 Å². The lowest BCUT2D eigenvalue weighted by molar-refractivity contribution is -0.128. The molecule has 2 aromatic carbocycles. The van der Waals surface area contributed by atoms with Crippen molar-refractivity contribution in [1.82, 2.24) is 10.2 Å². The Morgan fingerprint density at radius 2 is 1.55 bits per heavy atom. The van der Waals surface area contributed by atoms with E-state index in [1.54, 1.807) is 36.4 Å². The first-order chi connectivity index (χ1) is 15.0. The van der Waals surface area contributed by atoms with Crippen molar-refractivity contribution in [3.8, 4) is 0 Å². The highest BCUT2D eigenvalue weighted by atomic mass is 16.4. The summed E-state index contributed by atoms with van der Waals surface area (Å²) in [6, 6.07) is 13.2. The SMILES string of the molecule is O=C(O)c1ccc(CNC(=O)C2CCCCC2CN2C(=O)c3ccccc3C2=O)cc1. The number of rotatable bonds is 6. The highest BCUT2D eigenvalue weighted by Gasteiger charge is 2.39. The predicted octanol–water partition coefficient (Wildman–Crippen LogP) is 3.10. The van der Waals surface area contributed by atoms with Crippen molar-refractivity contribution in [2.75, 3.05) is 6.54 Å². The van der Waals surface area contributed by atoms with Crippen molar-refractivity contribution in [2.24, 2.45) is 11.8 Å². The average molecular weight is 420 g/mol. The second-order valence-corrected chi connectivity index (χ2v) is 8.14. The molecular weight excluding hydrogens is 396 g/mol. The van der Waals surface area contributed by atoms with Gasteiger partial charge in [0, 0.05) is 19.0 Å². The molecule has 1 aliphatic heterocycles. The standard InChI is InChI=1S/C24H24N2O5/c27-21(25-13-15-9-11-16(12-10-15)24(30)31)18-6-2-1-5-17(18)14-26-22(28)19-7-3-4-8-20(19)23(26)29/h3-4,7-12,17-18H,1-2,5-6,13-14H2,(H,25,27)(H,30,31). The van der Waals surface area contributed by atoms with E-state index in [4.69, 9.17) is 5.11 Å². The van der Waals surface area contributed by atoms with Crippen LogP contribution in [-0.2, 0) is 11.3 Å². The van der Waals surface area contributed by atoms with Crippen LogP contribution in [0.25, 0.3) is 0 Å². The summed E-state index contributed by atoms with van der Waals surface area (Å²) in [4.78, 5) is 50.6. The maximum atomic E-state index is 12.9. The fourth-order valence-electron chi connectivity index (χ4n) is 4.50. The zero-order valence-electron chi connectivity index (χ0n) is 17.0. The van der Waals surface area contributed by atoms with E-state index < -0.39 is 5.97 Å². The molecule has 0 bridgehead atoms. The van der Waals surface area contributed by atoms with E-state index in [2.05, 4.69) is 5.32 Å². The van der Waals surface area contributed by atoms with Gasteiger partial charge in [0.2, 0.25) is 5.91 Å². The number of carbonyl (C=O) groups excluding carboxylic acids is 3. The average Bonchev–Trinajstić information content (AvgIpc) is 3.03.